The zero-order valence-corrected chi connectivity index (χ0v) is 9.90. The quantitative estimate of drug-likeness (QED) is 0.647. The molecular formula is C11H11Zr. The number of hydrogen-bond donors (Lipinski definition) is 0. The Morgan fingerprint density at radius 1 is 1.17 bits per heavy atom. The Labute approximate surface area is 88.5 Å². The van der Waals surface area contributed by atoms with Crippen molar-refractivity contribution in [2.24, 2.45) is 0 Å². The number of benzene rings is 1. The molecule has 1 aliphatic rings. The predicted octanol–water partition coefficient (Wildman–Crippen LogP) is 2.75. The van der Waals surface area contributed by atoms with Gasteiger partial charge in [0.2, 0.25) is 0 Å². The van der Waals surface area contributed by atoms with Crippen molar-refractivity contribution in [2.75, 3.05) is 0 Å². The first-order chi connectivity index (χ1) is 5.68. The van der Waals surface area contributed by atoms with E-state index in [9.17, 15) is 0 Å². The molecule has 0 saturated carbocycles. The fraction of sp³-hybridized carbons (Fsp3) is 0.273. The molecule has 2 rings (SSSR count). The SMILES string of the molecule is Cc1ccc(C)c2c1C=[C]([Zr])C2. The fourth-order valence-corrected chi connectivity index (χ4v) is 2.53. The standard InChI is InChI=1S/C11H11.Zr/c1-8-6-7-9(2)11-5-3-4-10(8)11;/h4,6-7H,5H2,1-2H3;. The second kappa shape index (κ2) is 2.96. The Hall–Kier alpha value is -0.157. The van der Waals surface area contributed by atoms with Gasteiger partial charge in [-0.2, -0.15) is 0 Å². The van der Waals surface area contributed by atoms with E-state index < -0.39 is 0 Å². The molecule has 0 radical (unpaired) electrons. The molecule has 0 N–H and O–H groups in total. The average molecular weight is 234 g/mol. The van der Waals surface area contributed by atoms with E-state index in [4.69, 9.17) is 0 Å². The molecule has 0 fully saturated rings. The molecule has 1 heteroatoms. The summed E-state index contributed by atoms with van der Waals surface area (Å²) in [5.41, 5.74) is 5.92. The molecule has 0 nitrogen and oxygen atoms in total. The molecule has 1 aromatic rings. The first-order valence-corrected chi connectivity index (χ1v) is 5.42. The summed E-state index contributed by atoms with van der Waals surface area (Å²) in [5.74, 6) is 0. The van der Waals surface area contributed by atoms with Crippen LogP contribution in [0.2, 0.25) is 0 Å². The van der Waals surface area contributed by atoms with Crippen LogP contribution < -0.4 is 0 Å². The van der Waals surface area contributed by atoms with Gasteiger partial charge < -0.3 is 0 Å². The van der Waals surface area contributed by atoms with Crippen LogP contribution in [0.15, 0.2) is 15.4 Å². The maximum absolute atomic E-state index is 2.36. The van der Waals surface area contributed by atoms with Crippen LogP contribution in [0.4, 0.5) is 0 Å². The van der Waals surface area contributed by atoms with Gasteiger partial charge in [0.1, 0.15) is 0 Å². The van der Waals surface area contributed by atoms with E-state index in [0.29, 0.717) is 0 Å². The van der Waals surface area contributed by atoms with Crippen LogP contribution in [-0.2, 0) is 31.1 Å². The van der Waals surface area contributed by atoms with Crippen LogP contribution in [0.3, 0.4) is 0 Å². The van der Waals surface area contributed by atoms with Crippen molar-refractivity contribution in [1.29, 1.82) is 0 Å². The molecule has 0 saturated heterocycles. The topological polar surface area (TPSA) is 0 Å². The van der Waals surface area contributed by atoms with E-state index in [1.54, 1.807) is 33.6 Å². The van der Waals surface area contributed by atoms with Gasteiger partial charge in [-0.15, -0.1) is 0 Å². The molecule has 0 aromatic heterocycles. The molecular weight excluding hydrogens is 223 g/mol. The zero-order valence-electron chi connectivity index (χ0n) is 7.44. The van der Waals surface area contributed by atoms with Crippen molar-refractivity contribution in [3.8, 4) is 0 Å². The molecule has 1 aromatic carbocycles. The summed E-state index contributed by atoms with van der Waals surface area (Å²) in [6.45, 7) is 4.41. The summed E-state index contributed by atoms with van der Waals surface area (Å²) in [6, 6.07) is 4.45. The van der Waals surface area contributed by atoms with Crippen molar-refractivity contribution in [1.82, 2.24) is 0 Å². The molecule has 0 aliphatic heterocycles. The Balaban J connectivity index is 2.66. The van der Waals surface area contributed by atoms with Crippen molar-refractivity contribution >= 4 is 6.08 Å². The van der Waals surface area contributed by atoms with E-state index >= 15 is 0 Å². The Morgan fingerprint density at radius 2 is 1.83 bits per heavy atom. The maximum atomic E-state index is 2.36. The molecule has 12 heavy (non-hydrogen) atoms. The van der Waals surface area contributed by atoms with Crippen LogP contribution in [0.1, 0.15) is 22.3 Å². The summed E-state index contributed by atoms with van der Waals surface area (Å²) in [7, 11) is 0. The third-order valence-corrected chi connectivity index (χ3v) is 3.28. The summed E-state index contributed by atoms with van der Waals surface area (Å²) in [4.78, 5) is 0. The predicted molar refractivity (Wildman–Crippen MR) is 47.6 cm³/mol. The van der Waals surface area contributed by atoms with E-state index in [0.717, 1.165) is 0 Å². The van der Waals surface area contributed by atoms with Crippen molar-refractivity contribution in [3.05, 3.63) is 37.7 Å². The minimum atomic E-state index is 1.20. The fourth-order valence-electron chi connectivity index (χ4n) is 1.74. The molecule has 59 valence electrons. The van der Waals surface area contributed by atoms with Crippen LogP contribution in [-0.4, -0.2) is 0 Å². The molecule has 0 bridgehead atoms. The van der Waals surface area contributed by atoms with Crippen LogP contribution in [0.5, 0.6) is 0 Å². The summed E-state index contributed by atoms with van der Waals surface area (Å²) < 4.78 is 1.58. The second-order valence-electron chi connectivity index (χ2n) is 3.44. The van der Waals surface area contributed by atoms with Gasteiger partial charge in [-0.1, -0.05) is 0 Å². The molecule has 0 heterocycles. The number of aryl methyl sites for hydroxylation is 2. The van der Waals surface area contributed by atoms with Gasteiger partial charge in [0.15, 0.2) is 0 Å². The number of rotatable bonds is 0. The summed E-state index contributed by atoms with van der Waals surface area (Å²) >= 11 is 1.56. The Morgan fingerprint density at radius 3 is 2.50 bits per heavy atom. The molecule has 0 atom stereocenters. The van der Waals surface area contributed by atoms with Gasteiger partial charge in [0.25, 0.3) is 0 Å². The molecule has 0 spiro atoms. The zero-order chi connectivity index (χ0) is 8.72. The summed E-state index contributed by atoms with van der Waals surface area (Å²) in [5, 5.41) is 0. The first-order valence-electron chi connectivity index (χ1n) is 4.20. The second-order valence-corrected chi connectivity index (χ2v) is 5.02. The van der Waals surface area contributed by atoms with E-state index in [1.807, 2.05) is 0 Å². The van der Waals surface area contributed by atoms with E-state index in [2.05, 4.69) is 32.1 Å². The van der Waals surface area contributed by atoms with Gasteiger partial charge in [-0.25, -0.2) is 0 Å². The van der Waals surface area contributed by atoms with Crippen molar-refractivity contribution in [3.63, 3.8) is 0 Å². The van der Waals surface area contributed by atoms with E-state index in [-0.39, 0.29) is 0 Å². The third kappa shape index (κ3) is 1.25. The Bertz CT molecular complexity index is 362. The van der Waals surface area contributed by atoms with E-state index in [1.165, 1.54) is 23.1 Å². The normalized spacial score (nSPS) is 14.2. The Kier molecular flexibility index (Phi) is 2.08. The van der Waals surface area contributed by atoms with Gasteiger partial charge in [-0.3, -0.25) is 0 Å². The summed E-state index contributed by atoms with van der Waals surface area (Å²) in [6.07, 6.45) is 3.55. The number of fused-ring (bicyclic) bond motifs is 1. The third-order valence-electron chi connectivity index (χ3n) is 2.50. The molecule has 1 aliphatic carbocycles. The van der Waals surface area contributed by atoms with Crippen molar-refractivity contribution in [2.45, 2.75) is 20.3 Å². The van der Waals surface area contributed by atoms with Gasteiger partial charge in [-0.05, 0) is 0 Å². The van der Waals surface area contributed by atoms with Gasteiger partial charge >= 0.3 is 88.7 Å². The number of hydrogen-bond acceptors (Lipinski definition) is 0. The molecule has 0 unspecified atom stereocenters. The van der Waals surface area contributed by atoms with Crippen LogP contribution in [0, 0.1) is 13.8 Å². The molecule has 0 amide bonds. The van der Waals surface area contributed by atoms with Crippen LogP contribution in [0.25, 0.3) is 6.08 Å². The monoisotopic (exact) mass is 233 g/mol. The van der Waals surface area contributed by atoms with Gasteiger partial charge in [0, 0.05) is 0 Å². The first kappa shape index (κ1) is 8.44. The van der Waals surface area contributed by atoms with Crippen molar-refractivity contribution < 1.29 is 24.7 Å². The number of allylic oxidation sites excluding steroid dienone is 1. The minimum absolute atomic E-state index is 1.20. The van der Waals surface area contributed by atoms with Crippen LogP contribution >= 0.6 is 0 Å². The average Bonchev–Trinajstić information content (AvgIpc) is 2.41. The van der Waals surface area contributed by atoms with Gasteiger partial charge in [0.05, 0.1) is 0 Å².